The van der Waals surface area contributed by atoms with Gasteiger partial charge < -0.3 is 4.57 Å². The van der Waals surface area contributed by atoms with Gasteiger partial charge in [-0.25, -0.2) is 0 Å². The van der Waals surface area contributed by atoms with Crippen LogP contribution in [0, 0.1) is 18.3 Å². The fourth-order valence-corrected chi connectivity index (χ4v) is 2.70. The summed E-state index contributed by atoms with van der Waals surface area (Å²) in [7, 11) is 0. The Balaban J connectivity index is 2.14. The Hall–Kier alpha value is -2.24. The van der Waals surface area contributed by atoms with Crippen molar-refractivity contribution in [2.24, 2.45) is 0 Å². The van der Waals surface area contributed by atoms with E-state index < -0.39 is 0 Å². The molecule has 0 bridgehead atoms. The second kappa shape index (κ2) is 5.03. The van der Waals surface area contributed by atoms with E-state index in [4.69, 9.17) is 11.6 Å². The summed E-state index contributed by atoms with van der Waals surface area (Å²) in [6.07, 6.45) is 0. The average Bonchev–Trinajstić information content (AvgIpc) is 2.74. The second-order valence-corrected chi connectivity index (χ2v) is 5.22. The van der Waals surface area contributed by atoms with Crippen LogP contribution in [0.25, 0.3) is 10.9 Å². The SMILES string of the molecule is Cc1ccc(Cn2c(Cl)c(C#N)c3ccccc32)cc1. The first-order valence-electron chi connectivity index (χ1n) is 6.43. The van der Waals surface area contributed by atoms with Crippen LogP contribution in [0.5, 0.6) is 0 Å². The third-order valence-corrected chi connectivity index (χ3v) is 3.87. The predicted octanol–water partition coefficient (Wildman–Crippen LogP) is 4.52. The number of nitriles is 1. The highest BCUT2D eigenvalue weighted by Crippen LogP contribution is 2.30. The van der Waals surface area contributed by atoms with Crippen LogP contribution >= 0.6 is 11.6 Å². The molecule has 3 rings (SSSR count). The highest BCUT2D eigenvalue weighted by molar-refractivity contribution is 6.32. The molecule has 2 nitrogen and oxygen atoms in total. The molecular weight excluding hydrogens is 268 g/mol. The fraction of sp³-hybridized carbons (Fsp3) is 0.118. The number of aryl methyl sites for hydroxylation is 1. The van der Waals surface area contributed by atoms with Crippen LogP contribution in [0.2, 0.25) is 5.15 Å². The fourth-order valence-electron chi connectivity index (χ4n) is 2.41. The van der Waals surface area contributed by atoms with E-state index in [0.29, 0.717) is 17.3 Å². The molecule has 0 saturated heterocycles. The van der Waals surface area contributed by atoms with Crippen molar-refractivity contribution in [1.29, 1.82) is 5.26 Å². The number of rotatable bonds is 2. The van der Waals surface area contributed by atoms with E-state index >= 15 is 0 Å². The van der Waals surface area contributed by atoms with Crippen LogP contribution in [-0.2, 0) is 6.54 Å². The lowest BCUT2D eigenvalue weighted by atomic mass is 10.1. The minimum atomic E-state index is 0.509. The lowest BCUT2D eigenvalue weighted by Crippen LogP contribution is -1.99. The Labute approximate surface area is 122 Å². The highest BCUT2D eigenvalue weighted by Gasteiger charge is 2.14. The Bertz CT molecular complexity index is 807. The first kappa shape index (κ1) is 12.8. The zero-order valence-electron chi connectivity index (χ0n) is 11.1. The molecule has 0 aliphatic carbocycles. The van der Waals surface area contributed by atoms with Crippen LogP contribution in [0.1, 0.15) is 16.7 Å². The number of halogens is 1. The minimum Gasteiger partial charge on any atom is -0.326 e. The molecule has 3 aromatic rings. The van der Waals surface area contributed by atoms with Gasteiger partial charge in [-0.3, -0.25) is 0 Å². The van der Waals surface area contributed by atoms with Gasteiger partial charge in [0.15, 0.2) is 0 Å². The maximum absolute atomic E-state index is 9.28. The van der Waals surface area contributed by atoms with Crippen LogP contribution in [0.3, 0.4) is 0 Å². The number of benzene rings is 2. The van der Waals surface area contributed by atoms with Gasteiger partial charge in [0.1, 0.15) is 11.2 Å². The monoisotopic (exact) mass is 280 g/mol. The van der Waals surface area contributed by atoms with E-state index in [0.717, 1.165) is 10.9 Å². The van der Waals surface area contributed by atoms with Crippen molar-refractivity contribution in [1.82, 2.24) is 4.57 Å². The maximum atomic E-state index is 9.28. The van der Waals surface area contributed by atoms with Gasteiger partial charge in [-0.2, -0.15) is 5.26 Å². The predicted molar refractivity (Wildman–Crippen MR) is 81.9 cm³/mol. The van der Waals surface area contributed by atoms with Gasteiger partial charge in [0.05, 0.1) is 11.1 Å². The number of nitrogens with zero attached hydrogens (tertiary/aromatic N) is 2. The Morgan fingerprint density at radius 2 is 1.80 bits per heavy atom. The number of hydrogen-bond acceptors (Lipinski definition) is 1. The summed E-state index contributed by atoms with van der Waals surface area (Å²) >= 11 is 6.37. The molecule has 1 aromatic heterocycles. The molecule has 0 aliphatic heterocycles. The molecular formula is C17H13ClN2. The molecule has 20 heavy (non-hydrogen) atoms. The van der Waals surface area contributed by atoms with E-state index in [-0.39, 0.29) is 0 Å². The second-order valence-electron chi connectivity index (χ2n) is 4.87. The van der Waals surface area contributed by atoms with Gasteiger partial charge in [-0.15, -0.1) is 0 Å². The molecule has 0 atom stereocenters. The van der Waals surface area contributed by atoms with Crippen LogP contribution < -0.4 is 0 Å². The summed E-state index contributed by atoms with van der Waals surface area (Å²) in [6.45, 7) is 2.73. The summed E-state index contributed by atoms with van der Waals surface area (Å²) in [6, 6.07) is 18.4. The first-order chi connectivity index (χ1) is 9.70. The molecule has 2 aromatic carbocycles. The topological polar surface area (TPSA) is 28.7 Å². The van der Waals surface area contributed by atoms with E-state index in [1.807, 2.05) is 28.8 Å². The largest absolute Gasteiger partial charge is 0.326 e. The summed E-state index contributed by atoms with van der Waals surface area (Å²) < 4.78 is 1.99. The molecule has 0 amide bonds. The van der Waals surface area contributed by atoms with E-state index in [1.165, 1.54) is 11.1 Å². The third kappa shape index (κ3) is 2.07. The molecule has 1 heterocycles. The van der Waals surface area contributed by atoms with Crippen LogP contribution in [0.15, 0.2) is 48.5 Å². The third-order valence-electron chi connectivity index (χ3n) is 3.48. The van der Waals surface area contributed by atoms with Gasteiger partial charge in [0, 0.05) is 11.9 Å². The highest BCUT2D eigenvalue weighted by atomic mass is 35.5. The molecule has 98 valence electrons. The average molecular weight is 281 g/mol. The van der Waals surface area contributed by atoms with Gasteiger partial charge in [0.2, 0.25) is 0 Å². The minimum absolute atomic E-state index is 0.509. The van der Waals surface area contributed by atoms with Crippen molar-refractivity contribution in [2.75, 3.05) is 0 Å². The zero-order valence-corrected chi connectivity index (χ0v) is 11.9. The Morgan fingerprint density at radius 1 is 1.10 bits per heavy atom. The van der Waals surface area contributed by atoms with Crippen molar-refractivity contribution in [2.45, 2.75) is 13.5 Å². The van der Waals surface area contributed by atoms with Crippen molar-refractivity contribution in [3.63, 3.8) is 0 Å². The molecule has 3 heteroatoms. The van der Waals surface area contributed by atoms with Gasteiger partial charge in [-0.05, 0) is 18.6 Å². The smallest absolute Gasteiger partial charge is 0.128 e. The molecule has 0 N–H and O–H groups in total. The molecule has 0 unspecified atom stereocenters. The van der Waals surface area contributed by atoms with Crippen molar-refractivity contribution < 1.29 is 0 Å². The maximum Gasteiger partial charge on any atom is 0.128 e. The zero-order chi connectivity index (χ0) is 14.1. The number of para-hydroxylation sites is 1. The van der Waals surface area contributed by atoms with Gasteiger partial charge in [-0.1, -0.05) is 59.6 Å². The summed E-state index contributed by atoms with van der Waals surface area (Å²) in [5.41, 5.74) is 3.95. The normalized spacial score (nSPS) is 10.7. The Morgan fingerprint density at radius 3 is 2.50 bits per heavy atom. The number of aromatic nitrogens is 1. The summed E-state index contributed by atoms with van der Waals surface area (Å²) in [4.78, 5) is 0. The van der Waals surface area contributed by atoms with Gasteiger partial charge >= 0.3 is 0 Å². The van der Waals surface area contributed by atoms with E-state index in [9.17, 15) is 5.26 Å². The Kier molecular flexibility index (Phi) is 3.22. The first-order valence-corrected chi connectivity index (χ1v) is 6.81. The summed E-state index contributed by atoms with van der Waals surface area (Å²) in [5, 5.41) is 10.7. The molecule has 0 aliphatic rings. The van der Waals surface area contributed by atoms with Crippen LogP contribution in [0.4, 0.5) is 0 Å². The molecule has 0 fully saturated rings. The molecule has 0 spiro atoms. The number of fused-ring (bicyclic) bond motifs is 1. The standard InChI is InChI=1S/C17H13ClN2/c1-12-6-8-13(9-7-12)11-20-16-5-3-2-4-14(16)15(10-19)17(20)18/h2-9H,11H2,1H3. The quantitative estimate of drug-likeness (QED) is 0.678. The number of hydrogen-bond donors (Lipinski definition) is 0. The van der Waals surface area contributed by atoms with Crippen LogP contribution in [-0.4, -0.2) is 4.57 Å². The summed E-state index contributed by atoms with van der Waals surface area (Å²) in [5.74, 6) is 0. The molecule has 0 saturated carbocycles. The van der Waals surface area contributed by atoms with Crippen molar-refractivity contribution >= 4 is 22.5 Å². The van der Waals surface area contributed by atoms with Gasteiger partial charge in [0.25, 0.3) is 0 Å². The van der Waals surface area contributed by atoms with E-state index in [1.54, 1.807) is 0 Å². The van der Waals surface area contributed by atoms with E-state index in [2.05, 4.69) is 37.3 Å². The lowest BCUT2D eigenvalue weighted by Gasteiger charge is -2.07. The van der Waals surface area contributed by atoms with Crippen molar-refractivity contribution in [3.8, 4) is 6.07 Å². The lowest BCUT2D eigenvalue weighted by molar-refractivity contribution is 0.836. The van der Waals surface area contributed by atoms with Crippen molar-refractivity contribution in [3.05, 3.63) is 70.4 Å². The molecule has 0 radical (unpaired) electrons.